The predicted molar refractivity (Wildman–Crippen MR) is 136 cm³/mol. The van der Waals surface area contributed by atoms with E-state index in [0.29, 0.717) is 6.54 Å². The standard InChI is InChI=1S/C28H31FN2O3S/c1-3-20(2)31(27(32)17-21-9-5-4-6-10-21)18-28(33)30-15-13-26-22(14-16-35-26)24(30)19-34-25-12-8-7-11-23(25)29/h4-12,14,16,20,24H,3,13,15,17-19H2,1-2H3. The van der Waals surface area contributed by atoms with Crippen molar-refractivity contribution in [3.05, 3.63) is 87.9 Å². The Morgan fingerprint density at radius 1 is 1.14 bits per heavy atom. The van der Waals surface area contributed by atoms with Crippen LogP contribution >= 0.6 is 11.3 Å². The zero-order valence-electron chi connectivity index (χ0n) is 20.2. The fraction of sp³-hybridized carbons (Fsp3) is 0.357. The Labute approximate surface area is 210 Å². The van der Waals surface area contributed by atoms with Crippen LogP contribution in [0.2, 0.25) is 0 Å². The minimum atomic E-state index is -0.429. The van der Waals surface area contributed by atoms with Crippen LogP contribution in [0.15, 0.2) is 66.0 Å². The van der Waals surface area contributed by atoms with E-state index in [-0.39, 0.29) is 49.2 Å². The molecule has 0 saturated heterocycles. The summed E-state index contributed by atoms with van der Waals surface area (Å²) in [6, 6.07) is 17.5. The van der Waals surface area contributed by atoms with E-state index in [4.69, 9.17) is 4.74 Å². The normalized spacial score (nSPS) is 15.9. The molecule has 7 heteroatoms. The molecule has 2 heterocycles. The summed E-state index contributed by atoms with van der Waals surface area (Å²) < 4.78 is 20.0. The van der Waals surface area contributed by atoms with Gasteiger partial charge in [0.05, 0.1) is 12.5 Å². The quantitative estimate of drug-likeness (QED) is 0.408. The van der Waals surface area contributed by atoms with E-state index < -0.39 is 5.82 Å². The minimum absolute atomic E-state index is 0.0103. The van der Waals surface area contributed by atoms with Crippen LogP contribution in [0.1, 0.15) is 42.3 Å². The average molecular weight is 495 g/mol. The first kappa shape index (κ1) is 24.9. The topological polar surface area (TPSA) is 49.9 Å². The summed E-state index contributed by atoms with van der Waals surface area (Å²) in [5, 5.41) is 2.02. The zero-order valence-corrected chi connectivity index (χ0v) is 21.0. The lowest BCUT2D eigenvalue weighted by Crippen LogP contribution is -2.50. The van der Waals surface area contributed by atoms with Gasteiger partial charge in [-0.15, -0.1) is 11.3 Å². The van der Waals surface area contributed by atoms with Gasteiger partial charge in [-0.2, -0.15) is 0 Å². The number of carbonyl (C=O) groups excluding carboxylic acids is 2. The molecule has 2 aromatic carbocycles. The summed E-state index contributed by atoms with van der Waals surface area (Å²) in [6.07, 6.45) is 1.77. The summed E-state index contributed by atoms with van der Waals surface area (Å²) in [6.45, 7) is 4.69. The highest BCUT2D eigenvalue weighted by atomic mass is 32.1. The maximum atomic E-state index is 14.2. The van der Waals surface area contributed by atoms with E-state index in [2.05, 4.69) is 0 Å². The number of thiophene rings is 1. The summed E-state index contributed by atoms with van der Waals surface area (Å²) in [4.78, 5) is 31.5. The van der Waals surface area contributed by atoms with Gasteiger partial charge >= 0.3 is 0 Å². The highest BCUT2D eigenvalue weighted by Crippen LogP contribution is 2.34. The number of fused-ring (bicyclic) bond motifs is 1. The van der Waals surface area contributed by atoms with Crippen molar-refractivity contribution >= 4 is 23.2 Å². The Bertz CT molecular complexity index is 1150. The fourth-order valence-corrected chi connectivity index (χ4v) is 5.35. The van der Waals surface area contributed by atoms with Gasteiger partial charge in [-0.3, -0.25) is 9.59 Å². The number of halogens is 1. The van der Waals surface area contributed by atoms with Crippen molar-refractivity contribution < 1.29 is 18.7 Å². The van der Waals surface area contributed by atoms with Crippen molar-refractivity contribution in [2.24, 2.45) is 0 Å². The van der Waals surface area contributed by atoms with E-state index in [0.717, 1.165) is 24.0 Å². The number of amides is 2. The molecule has 0 spiro atoms. The van der Waals surface area contributed by atoms with Crippen LogP contribution in [0.5, 0.6) is 5.75 Å². The van der Waals surface area contributed by atoms with E-state index >= 15 is 0 Å². The molecule has 1 aliphatic heterocycles. The summed E-state index contributed by atoms with van der Waals surface area (Å²) in [5.74, 6) is -0.445. The molecule has 2 amide bonds. The van der Waals surface area contributed by atoms with Crippen LogP contribution in [0.3, 0.4) is 0 Å². The molecule has 0 fully saturated rings. The summed E-state index contributed by atoms with van der Waals surface area (Å²) in [5.41, 5.74) is 1.96. The number of rotatable bonds is 9. The molecular formula is C28H31FN2O3S. The summed E-state index contributed by atoms with van der Waals surface area (Å²) >= 11 is 1.66. The van der Waals surface area contributed by atoms with Crippen molar-refractivity contribution in [3.8, 4) is 5.75 Å². The number of hydrogen-bond acceptors (Lipinski definition) is 4. The second kappa shape index (κ2) is 11.5. The number of ether oxygens (including phenoxy) is 1. The van der Waals surface area contributed by atoms with E-state index in [1.165, 1.54) is 10.9 Å². The van der Waals surface area contributed by atoms with Crippen molar-refractivity contribution in [2.45, 2.75) is 45.2 Å². The van der Waals surface area contributed by atoms with Gasteiger partial charge in [0.15, 0.2) is 11.6 Å². The SMILES string of the molecule is CCC(C)N(CC(=O)N1CCc2sccc2C1COc1ccccc1F)C(=O)Cc1ccccc1. The fourth-order valence-electron chi connectivity index (χ4n) is 4.42. The molecule has 1 aliphatic rings. The molecule has 4 rings (SSSR count). The number of carbonyl (C=O) groups is 2. The third-order valence-electron chi connectivity index (χ3n) is 6.60. The van der Waals surface area contributed by atoms with Crippen LogP contribution in [0, 0.1) is 5.82 Å². The van der Waals surface area contributed by atoms with Crippen LogP contribution < -0.4 is 4.74 Å². The maximum Gasteiger partial charge on any atom is 0.242 e. The van der Waals surface area contributed by atoms with E-state index in [1.807, 2.05) is 55.6 Å². The van der Waals surface area contributed by atoms with Crippen molar-refractivity contribution in [1.82, 2.24) is 9.80 Å². The number of hydrogen-bond donors (Lipinski definition) is 0. The molecule has 0 N–H and O–H groups in total. The smallest absolute Gasteiger partial charge is 0.242 e. The maximum absolute atomic E-state index is 14.2. The molecule has 1 aromatic heterocycles. The highest BCUT2D eigenvalue weighted by Gasteiger charge is 2.34. The zero-order chi connectivity index (χ0) is 24.8. The third kappa shape index (κ3) is 5.90. The molecule has 0 aliphatic carbocycles. The highest BCUT2D eigenvalue weighted by molar-refractivity contribution is 7.10. The van der Waals surface area contributed by atoms with Gasteiger partial charge in [-0.05, 0) is 54.5 Å². The van der Waals surface area contributed by atoms with Crippen LogP contribution in [-0.2, 0) is 22.4 Å². The first-order valence-electron chi connectivity index (χ1n) is 12.0. The molecule has 0 radical (unpaired) electrons. The molecule has 2 unspecified atom stereocenters. The van der Waals surface area contributed by atoms with Gasteiger partial charge in [0.1, 0.15) is 13.2 Å². The van der Waals surface area contributed by atoms with Crippen LogP contribution in [0.4, 0.5) is 4.39 Å². The molecule has 5 nitrogen and oxygen atoms in total. The van der Waals surface area contributed by atoms with Gasteiger partial charge in [0, 0.05) is 17.5 Å². The number of benzene rings is 2. The largest absolute Gasteiger partial charge is 0.488 e. The Kier molecular flexibility index (Phi) is 8.18. The van der Waals surface area contributed by atoms with Crippen LogP contribution in [0.25, 0.3) is 0 Å². The third-order valence-corrected chi connectivity index (χ3v) is 7.59. The molecule has 35 heavy (non-hydrogen) atoms. The Balaban J connectivity index is 1.51. The Hall–Kier alpha value is -3.19. The molecular weight excluding hydrogens is 463 g/mol. The first-order chi connectivity index (χ1) is 17.0. The lowest BCUT2D eigenvalue weighted by molar-refractivity contribution is -0.144. The van der Waals surface area contributed by atoms with E-state index in [9.17, 15) is 14.0 Å². The number of nitrogens with zero attached hydrogens (tertiary/aromatic N) is 2. The first-order valence-corrected chi connectivity index (χ1v) is 12.9. The van der Waals surface area contributed by atoms with Crippen LogP contribution in [-0.4, -0.2) is 47.4 Å². The van der Waals surface area contributed by atoms with Crippen molar-refractivity contribution in [1.29, 1.82) is 0 Å². The second-order valence-corrected chi connectivity index (χ2v) is 9.84. The monoisotopic (exact) mass is 494 g/mol. The van der Waals surface area contributed by atoms with Gasteiger partial charge in [0.2, 0.25) is 11.8 Å². The van der Waals surface area contributed by atoms with Gasteiger partial charge < -0.3 is 14.5 Å². The summed E-state index contributed by atoms with van der Waals surface area (Å²) in [7, 11) is 0. The lowest BCUT2D eigenvalue weighted by Gasteiger charge is -2.38. The number of para-hydroxylation sites is 1. The predicted octanol–water partition coefficient (Wildman–Crippen LogP) is 5.26. The average Bonchev–Trinajstić information content (AvgIpc) is 3.36. The Morgan fingerprint density at radius 2 is 1.89 bits per heavy atom. The van der Waals surface area contributed by atoms with Crippen molar-refractivity contribution in [2.75, 3.05) is 19.7 Å². The van der Waals surface area contributed by atoms with Crippen molar-refractivity contribution in [3.63, 3.8) is 0 Å². The molecule has 2 atom stereocenters. The molecule has 0 saturated carbocycles. The van der Waals surface area contributed by atoms with E-state index in [1.54, 1.807) is 39.3 Å². The van der Waals surface area contributed by atoms with Gasteiger partial charge in [0.25, 0.3) is 0 Å². The lowest BCUT2D eigenvalue weighted by atomic mass is 10.00. The molecule has 0 bridgehead atoms. The second-order valence-electron chi connectivity index (χ2n) is 8.83. The van der Waals surface area contributed by atoms with Gasteiger partial charge in [-0.25, -0.2) is 4.39 Å². The molecule has 3 aromatic rings. The minimum Gasteiger partial charge on any atom is -0.488 e. The molecule has 184 valence electrons. The van der Waals surface area contributed by atoms with Gasteiger partial charge in [-0.1, -0.05) is 49.4 Å². The Morgan fingerprint density at radius 3 is 2.63 bits per heavy atom.